The van der Waals surface area contributed by atoms with Crippen LogP contribution < -0.4 is 5.73 Å². The van der Waals surface area contributed by atoms with E-state index in [9.17, 15) is 9.59 Å². The molecule has 1 saturated carbocycles. The molecular formula is C20H29N3O2. The van der Waals surface area contributed by atoms with Gasteiger partial charge in [-0.05, 0) is 38.3 Å². The minimum Gasteiger partial charge on any atom is -0.339 e. The zero-order valence-electron chi connectivity index (χ0n) is 15.2. The number of amides is 2. The van der Waals surface area contributed by atoms with Crippen LogP contribution in [0, 0.1) is 6.92 Å². The van der Waals surface area contributed by atoms with Gasteiger partial charge < -0.3 is 15.5 Å². The summed E-state index contributed by atoms with van der Waals surface area (Å²) in [4.78, 5) is 29.4. The van der Waals surface area contributed by atoms with E-state index in [1.54, 1.807) is 0 Å². The number of aryl methyl sites for hydroxylation is 1. The van der Waals surface area contributed by atoms with Gasteiger partial charge in [0.05, 0.1) is 5.54 Å². The molecule has 2 aliphatic rings. The molecule has 1 aromatic carbocycles. The van der Waals surface area contributed by atoms with E-state index in [-0.39, 0.29) is 11.8 Å². The second-order valence-corrected chi connectivity index (χ2v) is 7.52. The van der Waals surface area contributed by atoms with Crippen molar-refractivity contribution in [2.45, 2.75) is 51.0 Å². The summed E-state index contributed by atoms with van der Waals surface area (Å²) in [5.74, 6) is 0.134. The van der Waals surface area contributed by atoms with Crippen molar-refractivity contribution in [3.63, 3.8) is 0 Å². The lowest BCUT2D eigenvalue weighted by molar-refractivity contribution is -0.138. The lowest BCUT2D eigenvalue weighted by Gasteiger charge is -2.36. The highest BCUT2D eigenvalue weighted by Crippen LogP contribution is 2.28. The predicted molar refractivity (Wildman–Crippen MR) is 98.3 cm³/mol. The molecule has 0 radical (unpaired) electrons. The van der Waals surface area contributed by atoms with Crippen LogP contribution in [0.5, 0.6) is 0 Å². The Balaban J connectivity index is 1.64. The average Bonchev–Trinajstić information content (AvgIpc) is 2.87. The minimum absolute atomic E-state index is 0.0538. The number of nitrogens with zero attached hydrogens (tertiary/aromatic N) is 2. The molecule has 25 heavy (non-hydrogen) atoms. The van der Waals surface area contributed by atoms with E-state index >= 15 is 0 Å². The first-order valence-electron chi connectivity index (χ1n) is 9.44. The van der Waals surface area contributed by atoms with Crippen LogP contribution in [-0.2, 0) is 4.79 Å². The van der Waals surface area contributed by atoms with Crippen molar-refractivity contribution in [3.05, 3.63) is 35.4 Å². The number of rotatable bonds is 2. The van der Waals surface area contributed by atoms with Crippen LogP contribution in [0.1, 0.15) is 54.4 Å². The number of carbonyl (C=O) groups is 2. The summed E-state index contributed by atoms with van der Waals surface area (Å²) in [7, 11) is 0. The Morgan fingerprint density at radius 2 is 1.64 bits per heavy atom. The highest BCUT2D eigenvalue weighted by molar-refractivity contribution is 5.94. The first-order valence-corrected chi connectivity index (χ1v) is 9.44. The van der Waals surface area contributed by atoms with E-state index in [1.165, 1.54) is 6.42 Å². The molecule has 2 amide bonds. The maximum absolute atomic E-state index is 12.9. The van der Waals surface area contributed by atoms with Crippen molar-refractivity contribution in [1.29, 1.82) is 0 Å². The van der Waals surface area contributed by atoms with Crippen LogP contribution in [0.25, 0.3) is 0 Å². The zero-order chi connectivity index (χ0) is 17.9. The fraction of sp³-hybridized carbons (Fsp3) is 0.600. The van der Waals surface area contributed by atoms with Crippen LogP contribution in [0.15, 0.2) is 24.3 Å². The summed E-state index contributed by atoms with van der Waals surface area (Å²) in [6.07, 6.45) is 5.62. The summed E-state index contributed by atoms with van der Waals surface area (Å²) in [5.41, 5.74) is 7.54. The summed E-state index contributed by atoms with van der Waals surface area (Å²) in [6, 6.07) is 7.69. The van der Waals surface area contributed by atoms with E-state index in [0.717, 1.165) is 43.2 Å². The highest BCUT2D eigenvalue weighted by Gasteiger charge is 2.38. The van der Waals surface area contributed by atoms with Crippen molar-refractivity contribution in [2.75, 3.05) is 26.2 Å². The Kier molecular flexibility index (Phi) is 5.42. The maximum Gasteiger partial charge on any atom is 0.253 e. The van der Waals surface area contributed by atoms with Crippen molar-refractivity contribution in [3.8, 4) is 0 Å². The molecule has 0 bridgehead atoms. The number of hydrogen-bond donors (Lipinski definition) is 1. The molecule has 0 spiro atoms. The summed E-state index contributed by atoms with van der Waals surface area (Å²) in [6.45, 7) is 4.53. The monoisotopic (exact) mass is 343 g/mol. The summed E-state index contributed by atoms with van der Waals surface area (Å²) < 4.78 is 0. The fourth-order valence-electron chi connectivity index (χ4n) is 4.00. The second kappa shape index (κ2) is 7.56. The number of benzene rings is 1. The van der Waals surface area contributed by atoms with E-state index in [1.807, 2.05) is 41.0 Å². The molecule has 1 aliphatic heterocycles. The quantitative estimate of drug-likeness (QED) is 0.896. The molecule has 1 aromatic rings. The molecule has 1 saturated heterocycles. The third-order valence-corrected chi connectivity index (χ3v) is 5.51. The predicted octanol–water partition coefficient (Wildman–Crippen LogP) is 2.33. The van der Waals surface area contributed by atoms with Crippen LogP contribution in [0.3, 0.4) is 0 Å². The van der Waals surface area contributed by atoms with Crippen molar-refractivity contribution in [2.24, 2.45) is 5.73 Å². The smallest absolute Gasteiger partial charge is 0.253 e. The molecule has 3 rings (SSSR count). The number of carbonyl (C=O) groups excluding carboxylic acids is 2. The Hall–Kier alpha value is -1.88. The largest absolute Gasteiger partial charge is 0.339 e. The molecule has 1 aliphatic carbocycles. The maximum atomic E-state index is 12.9. The zero-order valence-corrected chi connectivity index (χ0v) is 15.2. The topological polar surface area (TPSA) is 66.6 Å². The molecular weight excluding hydrogens is 314 g/mol. The van der Waals surface area contributed by atoms with Crippen LogP contribution >= 0.6 is 0 Å². The molecule has 0 aromatic heterocycles. The molecule has 1 heterocycles. The van der Waals surface area contributed by atoms with E-state index in [0.29, 0.717) is 26.2 Å². The van der Waals surface area contributed by atoms with E-state index in [4.69, 9.17) is 5.73 Å². The first kappa shape index (κ1) is 17.9. The van der Waals surface area contributed by atoms with Gasteiger partial charge in [0, 0.05) is 31.7 Å². The number of hydrogen-bond acceptors (Lipinski definition) is 3. The molecule has 5 nitrogen and oxygen atoms in total. The molecule has 2 fully saturated rings. The summed E-state index contributed by atoms with van der Waals surface area (Å²) in [5, 5.41) is 0. The highest BCUT2D eigenvalue weighted by atomic mass is 16.2. The average molecular weight is 343 g/mol. The van der Waals surface area contributed by atoms with Crippen LogP contribution in [0.4, 0.5) is 0 Å². The normalized spacial score (nSPS) is 20.9. The van der Waals surface area contributed by atoms with Gasteiger partial charge in [0.15, 0.2) is 0 Å². The number of nitrogens with two attached hydrogens (primary N) is 1. The van der Waals surface area contributed by atoms with Crippen LogP contribution in [0.2, 0.25) is 0 Å². The van der Waals surface area contributed by atoms with Gasteiger partial charge in [-0.3, -0.25) is 9.59 Å². The van der Waals surface area contributed by atoms with E-state index in [2.05, 4.69) is 0 Å². The Morgan fingerprint density at radius 1 is 0.960 bits per heavy atom. The minimum atomic E-state index is -0.687. The van der Waals surface area contributed by atoms with Gasteiger partial charge in [-0.15, -0.1) is 0 Å². The Bertz CT molecular complexity index is 638. The third kappa shape index (κ3) is 4.03. The lowest BCUT2D eigenvalue weighted by atomic mass is 9.81. The van der Waals surface area contributed by atoms with Gasteiger partial charge in [0.1, 0.15) is 0 Å². The van der Waals surface area contributed by atoms with E-state index < -0.39 is 5.54 Å². The van der Waals surface area contributed by atoms with Crippen LogP contribution in [-0.4, -0.2) is 53.3 Å². The standard InChI is InChI=1S/C20H29N3O2/c1-16-7-5-8-17(15-16)18(24)22-11-6-12-23(14-13-22)19(25)20(21)9-3-2-4-10-20/h5,7-8,15H,2-4,6,9-14,21H2,1H3. The molecule has 0 atom stereocenters. The molecule has 5 heteroatoms. The summed E-state index contributed by atoms with van der Waals surface area (Å²) >= 11 is 0. The molecule has 0 unspecified atom stereocenters. The van der Waals surface area contributed by atoms with Gasteiger partial charge in [-0.25, -0.2) is 0 Å². The van der Waals surface area contributed by atoms with Crippen molar-refractivity contribution >= 4 is 11.8 Å². The van der Waals surface area contributed by atoms with Gasteiger partial charge in [0.25, 0.3) is 5.91 Å². The Morgan fingerprint density at radius 3 is 2.36 bits per heavy atom. The first-order chi connectivity index (χ1) is 12.0. The van der Waals surface area contributed by atoms with Gasteiger partial charge in [0.2, 0.25) is 5.91 Å². The molecule has 136 valence electrons. The van der Waals surface area contributed by atoms with Gasteiger partial charge in [-0.2, -0.15) is 0 Å². The molecule has 2 N–H and O–H groups in total. The van der Waals surface area contributed by atoms with Gasteiger partial charge >= 0.3 is 0 Å². The SMILES string of the molecule is Cc1cccc(C(=O)N2CCCN(C(=O)C3(N)CCCCC3)CC2)c1. The fourth-order valence-corrected chi connectivity index (χ4v) is 4.00. The van der Waals surface area contributed by atoms with Crippen molar-refractivity contribution < 1.29 is 9.59 Å². The third-order valence-electron chi connectivity index (χ3n) is 5.51. The lowest BCUT2D eigenvalue weighted by Crippen LogP contribution is -2.56. The Labute approximate surface area is 150 Å². The van der Waals surface area contributed by atoms with Crippen molar-refractivity contribution in [1.82, 2.24) is 9.80 Å². The second-order valence-electron chi connectivity index (χ2n) is 7.52. The van der Waals surface area contributed by atoms with Gasteiger partial charge in [-0.1, -0.05) is 37.0 Å².